The molecule has 2 rings (SSSR count). The van der Waals surface area contributed by atoms with E-state index in [1.807, 2.05) is 6.92 Å². The molecule has 0 aliphatic rings. The van der Waals surface area contributed by atoms with Gasteiger partial charge in [0.15, 0.2) is 5.76 Å². The smallest absolute Gasteiger partial charge is 0.240 e. The molecule has 0 spiro atoms. The lowest BCUT2D eigenvalue weighted by Crippen LogP contribution is -2.24. The normalized spacial score (nSPS) is 11.8. The average Bonchev–Trinajstić information content (AvgIpc) is 2.98. The topological polar surface area (TPSA) is 101 Å². The van der Waals surface area contributed by atoms with Gasteiger partial charge >= 0.3 is 0 Å². The lowest BCUT2D eigenvalue weighted by atomic mass is 10.2. The van der Waals surface area contributed by atoms with Crippen LogP contribution < -0.4 is 10.0 Å². The number of rotatable bonds is 8. The molecule has 140 valence electrons. The van der Waals surface area contributed by atoms with Crippen LogP contribution in [0, 0.1) is 6.92 Å². The molecule has 0 atom stereocenters. The summed E-state index contributed by atoms with van der Waals surface area (Å²) in [6, 6.07) is 6.49. The standard InChI is InChI=1S/C18H23N3O4S/c1-4-12-19-26(23,24)15-9-6-14(7-10-15)8-11-16-18(13(3)21-25-16)20-17(22)5-2/h6-11,19H,4-5,12H2,1-3H3,(H,20,22). The maximum atomic E-state index is 12.1. The van der Waals surface area contributed by atoms with Crippen LogP contribution in [0.15, 0.2) is 33.7 Å². The minimum absolute atomic E-state index is 0.125. The highest BCUT2D eigenvalue weighted by atomic mass is 32.2. The molecule has 8 heteroatoms. The molecule has 0 saturated carbocycles. The van der Waals surface area contributed by atoms with Gasteiger partial charge in [0, 0.05) is 13.0 Å². The highest BCUT2D eigenvalue weighted by Gasteiger charge is 2.14. The second-order valence-electron chi connectivity index (χ2n) is 5.71. The van der Waals surface area contributed by atoms with Crippen molar-refractivity contribution in [3.8, 4) is 0 Å². The van der Waals surface area contributed by atoms with Crippen LogP contribution in [0.4, 0.5) is 5.69 Å². The monoisotopic (exact) mass is 377 g/mol. The zero-order valence-electron chi connectivity index (χ0n) is 15.1. The number of nitrogens with one attached hydrogen (secondary N) is 2. The molecule has 1 aromatic heterocycles. The van der Waals surface area contributed by atoms with Crippen LogP contribution >= 0.6 is 0 Å². The highest BCUT2D eigenvalue weighted by molar-refractivity contribution is 7.89. The molecule has 1 heterocycles. The first kappa shape index (κ1) is 19.9. The van der Waals surface area contributed by atoms with E-state index in [9.17, 15) is 13.2 Å². The first-order chi connectivity index (χ1) is 12.4. The SMILES string of the molecule is CCCNS(=O)(=O)c1ccc(C=Cc2onc(C)c2NC(=O)CC)cc1. The summed E-state index contributed by atoms with van der Waals surface area (Å²) in [6.07, 6.45) is 4.53. The number of sulfonamides is 1. The molecule has 1 amide bonds. The number of aryl methyl sites for hydroxylation is 1. The van der Waals surface area contributed by atoms with E-state index in [0.29, 0.717) is 30.1 Å². The van der Waals surface area contributed by atoms with Gasteiger partial charge in [0.25, 0.3) is 0 Å². The molecule has 0 aliphatic carbocycles. The van der Waals surface area contributed by atoms with Crippen LogP contribution in [0.1, 0.15) is 43.7 Å². The van der Waals surface area contributed by atoms with Gasteiger partial charge < -0.3 is 9.84 Å². The van der Waals surface area contributed by atoms with Gasteiger partial charge in [-0.05, 0) is 37.1 Å². The molecule has 7 nitrogen and oxygen atoms in total. The Morgan fingerprint density at radius 1 is 1.19 bits per heavy atom. The Hall–Kier alpha value is -2.45. The number of nitrogens with zero attached hydrogens (tertiary/aromatic N) is 1. The molecule has 26 heavy (non-hydrogen) atoms. The molecule has 0 saturated heterocycles. The van der Waals surface area contributed by atoms with E-state index in [1.54, 1.807) is 50.3 Å². The van der Waals surface area contributed by atoms with Crippen molar-refractivity contribution in [1.82, 2.24) is 9.88 Å². The van der Waals surface area contributed by atoms with E-state index in [1.165, 1.54) is 0 Å². The maximum absolute atomic E-state index is 12.1. The third-order valence-corrected chi connectivity index (χ3v) is 5.11. The number of benzene rings is 1. The van der Waals surface area contributed by atoms with Crippen molar-refractivity contribution in [2.45, 2.75) is 38.5 Å². The summed E-state index contributed by atoms with van der Waals surface area (Å²) in [5.41, 5.74) is 1.92. The van der Waals surface area contributed by atoms with E-state index in [0.717, 1.165) is 12.0 Å². The Balaban J connectivity index is 2.16. The van der Waals surface area contributed by atoms with Gasteiger partial charge in [-0.25, -0.2) is 13.1 Å². The molecule has 0 fully saturated rings. The predicted octanol–water partition coefficient (Wildman–Crippen LogP) is 3.19. The molecule has 2 aromatic rings. The summed E-state index contributed by atoms with van der Waals surface area (Å²) < 4.78 is 31.9. The number of anilines is 1. The van der Waals surface area contributed by atoms with Crippen molar-refractivity contribution in [2.75, 3.05) is 11.9 Å². The van der Waals surface area contributed by atoms with Gasteiger partial charge in [0.05, 0.1) is 4.90 Å². The van der Waals surface area contributed by atoms with Crippen LogP contribution in [0.2, 0.25) is 0 Å². The van der Waals surface area contributed by atoms with E-state index < -0.39 is 10.0 Å². The first-order valence-corrected chi connectivity index (χ1v) is 9.89. The Bertz CT molecular complexity index is 884. The van der Waals surface area contributed by atoms with Gasteiger partial charge in [-0.15, -0.1) is 0 Å². The molecular formula is C18H23N3O4S. The number of aromatic nitrogens is 1. The van der Waals surface area contributed by atoms with Crippen molar-refractivity contribution >= 4 is 33.8 Å². The number of amides is 1. The fourth-order valence-electron chi connectivity index (χ4n) is 2.13. The van der Waals surface area contributed by atoms with Gasteiger partial charge in [-0.3, -0.25) is 4.79 Å². The molecule has 2 N–H and O–H groups in total. The van der Waals surface area contributed by atoms with Crippen LogP contribution in [-0.4, -0.2) is 26.0 Å². The molecule has 0 aliphatic heterocycles. The predicted molar refractivity (Wildman–Crippen MR) is 101 cm³/mol. The van der Waals surface area contributed by atoms with Crippen molar-refractivity contribution in [3.63, 3.8) is 0 Å². The van der Waals surface area contributed by atoms with E-state index >= 15 is 0 Å². The van der Waals surface area contributed by atoms with Crippen LogP contribution in [0.25, 0.3) is 12.2 Å². The van der Waals surface area contributed by atoms with Crippen LogP contribution in [0.3, 0.4) is 0 Å². The molecule has 0 unspecified atom stereocenters. The van der Waals surface area contributed by atoms with Gasteiger partial charge in [0.2, 0.25) is 15.9 Å². The largest absolute Gasteiger partial charge is 0.354 e. The van der Waals surface area contributed by atoms with E-state index in [-0.39, 0.29) is 10.8 Å². The number of hydrogen-bond acceptors (Lipinski definition) is 5. The summed E-state index contributed by atoms with van der Waals surface area (Å²) in [4.78, 5) is 11.8. The third-order valence-electron chi connectivity index (χ3n) is 3.63. The van der Waals surface area contributed by atoms with Gasteiger partial charge in [-0.1, -0.05) is 37.2 Å². The summed E-state index contributed by atoms with van der Waals surface area (Å²) >= 11 is 0. The fraction of sp³-hybridized carbons (Fsp3) is 0.333. The van der Waals surface area contributed by atoms with Crippen molar-refractivity contribution in [1.29, 1.82) is 0 Å². The van der Waals surface area contributed by atoms with Gasteiger partial charge in [-0.2, -0.15) is 0 Å². The summed E-state index contributed by atoms with van der Waals surface area (Å²) in [5.74, 6) is 0.311. The second kappa shape index (κ2) is 8.77. The zero-order chi connectivity index (χ0) is 19.2. The third kappa shape index (κ3) is 5.03. The molecule has 0 radical (unpaired) electrons. The molecular weight excluding hydrogens is 354 g/mol. The molecule has 1 aromatic carbocycles. The highest BCUT2D eigenvalue weighted by Crippen LogP contribution is 2.23. The fourth-order valence-corrected chi connectivity index (χ4v) is 3.26. The van der Waals surface area contributed by atoms with Crippen LogP contribution in [-0.2, 0) is 14.8 Å². The number of hydrogen-bond donors (Lipinski definition) is 2. The summed E-state index contributed by atoms with van der Waals surface area (Å²) in [7, 11) is -3.48. The van der Waals surface area contributed by atoms with Crippen molar-refractivity contribution in [3.05, 3.63) is 41.3 Å². The van der Waals surface area contributed by atoms with E-state index in [4.69, 9.17) is 4.52 Å². The Labute approximate surface area is 153 Å². The lowest BCUT2D eigenvalue weighted by Gasteiger charge is -2.05. The Morgan fingerprint density at radius 3 is 2.50 bits per heavy atom. The first-order valence-electron chi connectivity index (χ1n) is 8.41. The Kier molecular flexibility index (Phi) is 6.70. The number of carbonyl (C=O) groups excluding carboxylic acids is 1. The number of carbonyl (C=O) groups is 1. The summed E-state index contributed by atoms with van der Waals surface area (Å²) in [6.45, 7) is 5.81. The van der Waals surface area contributed by atoms with Crippen LogP contribution in [0.5, 0.6) is 0 Å². The minimum Gasteiger partial charge on any atom is -0.354 e. The minimum atomic E-state index is -3.48. The second-order valence-corrected chi connectivity index (χ2v) is 7.48. The maximum Gasteiger partial charge on any atom is 0.240 e. The Morgan fingerprint density at radius 2 is 1.88 bits per heavy atom. The van der Waals surface area contributed by atoms with Gasteiger partial charge in [0.1, 0.15) is 11.4 Å². The molecule has 0 bridgehead atoms. The zero-order valence-corrected chi connectivity index (χ0v) is 15.9. The quantitative estimate of drug-likeness (QED) is 0.736. The summed E-state index contributed by atoms with van der Waals surface area (Å²) in [5, 5.41) is 6.62. The van der Waals surface area contributed by atoms with Crippen molar-refractivity contribution in [2.24, 2.45) is 0 Å². The average molecular weight is 377 g/mol. The lowest BCUT2D eigenvalue weighted by molar-refractivity contribution is -0.115. The van der Waals surface area contributed by atoms with Crippen molar-refractivity contribution < 1.29 is 17.7 Å². The van der Waals surface area contributed by atoms with E-state index in [2.05, 4.69) is 15.2 Å².